The second-order valence-electron chi connectivity index (χ2n) is 6.13. The Balaban J connectivity index is 3.49. The number of nitrogens with one attached hydrogen (secondary N) is 1. The maximum Gasteiger partial charge on any atom is 0.333 e. The summed E-state index contributed by atoms with van der Waals surface area (Å²) < 4.78 is 4.89. The van der Waals surface area contributed by atoms with Crippen LogP contribution in [0.3, 0.4) is 0 Å². The minimum absolute atomic E-state index is 0.191. The summed E-state index contributed by atoms with van der Waals surface area (Å²) in [6.45, 7) is 13.7. The number of esters is 1. The molecule has 0 aliphatic rings. The van der Waals surface area contributed by atoms with Crippen LogP contribution in [0.2, 0.25) is 0 Å². The SMILES string of the molecule is C=C(C)C(=O)OCCONCCC(C)CC(C)(C)CN. The van der Waals surface area contributed by atoms with E-state index < -0.39 is 0 Å². The van der Waals surface area contributed by atoms with Crippen LogP contribution in [0.5, 0.6) is 0 Å². The molecule has 0 aliphatic heterocycles. The van der Waals surface area contributed by atoms with E-state index in [0.717, 1.165) is 19.4 Å². The third-order valence-electron chi connectivity index (χ3n) is 3.06. The van der Waals surface area contributed by atoms with E-state index in [0.29, 0.717) is 24.6 Å². The van der Waals surface area contributed by atoms with Crippen molar-refractivity contribution in [2.24, 2.45) is 17.1 Å². The first-order chi connectivity index (χ1) is 9.28. The molecule has 0 amide bonds. The standard InChI is InChI=1S/C15H30N2O3/c1-12(2)14(18)19-8-9-20-17-7-6-13(3)10-15(4,5)11-16/h13,17H,1,6-11,16H2,2-5H3. The first-order valence-electron chi connectivity index (χ1n) is 7.16. The van der Waals surface area contributed by atoms with Gasteiger partial charge in [0.15, 0.2) is 0 Å². The molecule has 0 rings (SSSR count). The first kappa shape index (κ1) is 19.1. The third-order valence-corrected chi connectivity index (χ3v) is 3.06. The molecular weight excluding hydrogens is 256 g/mol. The normalized spacial score (nSPS) is 13.1. The number of carbonyl (C=O) groups excluding carboxylic acids is 1. The number of hydrogen-bond donors (Lipinski definition) is 2. The summed E-state index contributed by atoms with van der Waals surface area (Å²) in [4.78, 5) is 16.3. The third kappa shape index (κ3) is 9.95. The Hall–Kier alpha value is -0.910. The molecule has 0 bridgehead atoms. The van der Waals surface area contributed by atoms with Gasteiger partial charge >= 0.3 is 5.97 Å². The van der Waals surface area contributed by atoms with Crippen molar-refractivity contribution in [1.82, 2.24) is 5.48 Å². The predicted octanol–water partition coefficient (Wildman–Crippen LogP) is 2.03. The van der Waals surface area contributed by atoms with E-state index in [2.05, 4.69) is 32.8 Å². The largest absolute Gasteiger partial charge is 0.460 e. The van der Waals surface area contributed by atoms with E-state index in [1.807, 2.05) is 0 Å². The Morgan fingerprint density at radius 1 is 1.40 bits per heavy atom. The molecule has 3 N–H and O–H groups in total. The molecule has 0 aliphatic carbocycles. The lowest BCUT2D eigenvalue weighted by Gasteiger charge is -2.26. The van der Waals surface area contributed by atoms with E-state index in [4.69, 9.17) is 15.3 Å². The van der Waals surface area contributed by atoms with Gasteiger partial charge in [-0.3, -0.25) is 4.84 Å². The molecular formula is C15H30N2O3. The quantitative estimate of drug-likeness (QED) is 0.263. The van der Waals surface area contributed by atoms with Gasteiger partial charge in [-0.1, -0.05) is 27.4 Å². The number of rotatable bonds is 11. The van der Waals surface area contributed by atoms with Gasteiger partial charge in [-0.2, -0.15) is 0 Å². The molecule has 0 aromatic carbocycles. The Morgan fingerprint density at radius 3 is 2.60 bits per heavy atom. The molecule has 5 heteroatoms. The van der Waals surface area contributed by atoms with Crippen LogP contribution in [0.25, 0.3) is 0 Å². The second-order valence-corrected chi connectivity index (χ2v) is 6.13. The van der Waals surface area contributed by atoms with E-state index in [9.17, 15) is 4.79 Å². The first-order valence-corrected chi connectivity index (χ1v) is 7.16. The van der Waals surface area contributed by atoms with Crippen molar-refractivity contribution in [2.45, 2.75) is 40.5 Å². The molecule has 0 saturated carbocycles. The van der Waals surface area contributed by atoms with Crippen molar-refractivity contribution < 1.29 is 14.4 Å². The Bertz CT molecular complexity index is 303. The average Bonchev–Trinajstić information content (AvgIpc) is 2.36. The summed E-state index contributed by atoms with van der Waals surface area (Å²) in [5.41, 5.74) is 9.19. The molecule has 0 heterocycles. The lowest BCUT2D eigenvalue weighted by molar-refractivity contribution is -0.141. The lowest BCUT2D eigenvalue weighted by Crippen LogP contribution is -2.27. The summed E-state index contributed by atoms with van der Waals surface area (Å²) in [7, 11) is 0. The summed E-state index contributed by atoms with van der Waals surface area (Å²) in [6.07, 6.45) is 2.12. The highest BCUT2D eigenvalue weighted by Gasteiger charge is 2.18. The molecule has 0 spiro atoms. The maximum atomic E-state index is 11.1. The summed E-state index contributed by atoms with van der Waals surface area (Å²) >= 11 is 0. The zero-order valence-electron chi connectivity index (χ0n) is 13.3. The molecule has 118 valence electrons. The second kappa shape index (κ2) is 9.91. The topological polar surface area (TPSA) is 73.6 Å². The van der Waals surface area contributed by atoms with Crippen molar-refractivity contribution in [3.63, 3.8) is 0 Å². The van der Waals surface area contributed by atoms with E-state index >= 15 is 0 Å². The van der Waals surface area contributed by atoms with Crippen molar-refractivity contribution >= 4 is 5.97 Å². The molecule has 0 aromatic rings. The van der Waals surface area contributed by atoms with Gasteiger partial charge in [0.1, 0.15) is 13.2 Å². The number of nitrogens with two attached hydrogens (primary N) is 1. The predicted molar refractivity (Wildman–Crippen MR) is 81.0 cm³/mol. The Kier molecular flexibility index (Phi) is 9.46. The van der Waals surface area contributed by atoms with E-state index in [1.54, 1.807) is 6.92 Å². The molecule has 0 fully saturated rings. The van der Waals surface area contributed by atoms with Crippen molar-refractivity contribution in [2.75, 3.05) is 26.3 Å². The van der Waals surface area contributed by atoms with Gasteiger partial charge in [-0.05, 0) is 37.6 Å². The summed E-state index contributed by atoms with van der Waals surface area (Å²) in [6, 6.07) is 0. The van der Waals surface area contributed by atoms with Gasteiger partial charge in [-0.15, -0.1) is 0 Å². The highest BCUT2D eigenvalue weighted by Crippen LogP contribution is 2.25. The van der Waals surface area contributed by atoms with Crippen LogP contribution in [0.15, 0.2) is 12.2 Å². The van der Waals surface area contributed by atoms with Crippen LogP contribution in [0, 0.1) is 11.3 Å². The van der Waals surface area contributed by atoms with Crippen LogP contribution < -0.4 is 11.2 Å². The molecule has 1 atom stereocenters. The molecule has 0 aromatic heterocycles. The Morgan fingerprint density at radius 2 is 2.05 bits per heavy atom. The van der Waals surface area contributed by atoms with Gasteiger partial charge in [0.25, 0.3) is 0 Å². The van der Waals surface area contributed by atoms with Crippen LogP contribution in [0.4, 0.5) is 0 Å². The Labute approximate surface area is 122 Å². The minimum Gasteiger partial charge on any atom is -0.460 e. The van der Waals surface area contributed by atoms with Crippen LogP contribution in [-0.2, 0) is 14.4 Å². The fourth-order valence-electron chi connectivity index (χ4n) is 1.88. The van der Waals surface area contributed by atoms with Gasteiger partial charge in [0.05, 0.1) is 0 Å². The minimum atomic E-state index is -0.383. The van der Waals surface area contributed by atoms with Crippen LogP contribution in [0.1, 0.15) is 40.5 Å². The average molecular weight is 286 g/mol. The lowest BCUT2D eigenvalue weighted by atomic mass is 9.82. The monoisotopic (exact) mass is 286 g/mol. The highest BCUT2D eigenvalue weighted by molar-refractivity contribution is 5.86. The molecule has 5 nitrogen and oxygen atoms in total. The van der Waals surface area contributed by atoms with Crippen LogP contribution >= 0.6 is 0 Å². The number of ether oxygens (including phenoxy) is 1. The van der Waals surface area contributed by atoms with Gasteiger partial charge in [0, 0.05) is 12.1 Å². The fourth-order valence-corrected chi connectivity index (χ4v) is 1.88. The van der Waals surface area contributed by atoms with Gasteiger partial charge in [-0.25, -0.2) is 10.3 Å². The smallest absolute Gasteiger partial charge is 0.333 e. The number of hydrogen-bond acceptors (Lipinski definition) is 5. The number of hydroxylamine groups is 1. The molecule has 20 heavy (non-hydrogen) atoms. The summed E-state index contributed by atoms with van der Waals surface area (Å²) in [5.74, 6) is 0.206. The fraction of sp³-hybridized carbons (Fsp3) is 0.800. The molecule has 1 unspecified atom stereocenters. The maximum absolute atomic E-state index is 11.1. The highest BCUT2D eigenvalue weighted by atomic mass is 16.7. The summed E-state index contributed by atoms with van der Waals surface area (Å²) in [5, 5.41) is 0. The zero-order valence-corrected chi connectivity index (χ0v) is 13.3. The van der Waals surface area contributed by atoms with Crippen molar-refractivity contribution in [3.05, 3.63) is 12.2 Å². The van der Waals surface area contributed by atoms with Crippen molar-refractivity contribution in [1.29, 1.82) is 0 Å². The van der Waals surface area contributed by atoms with E-state index in [-0.39, 0.29) is 18.0 Å². The van der Waals surface area contributed by atoms with Gasteiger partial charge < -0.3 is 10.5 Å². The van der Waals surface area contributed by atoms with Crippen LogP contribution in [-0.4, -0.2) is 32.3 Å². The molecule has 0 saturated heterocycles. The van der Waals surface area contributed by atoms with E-state index in [1.165, 1.54) is 0 Å². The molecule has 0 radical (unpaired) electrons. The van der Waals surface area contributed by atoms with Crippen molar-refractivity contribution in [3.8, 4) is 0 Å². The van der Waals surface area contributed by atoms with Gasteiger partial charge in [0.2, 0.25) is 0 Å². The zero-order chi connectivity index (χ0) is 15.6. The number of carbonyl (C=O) groups is 1.